The predicted octanol–water partition coefficient (Wildman–Crippen LogP) is 6.26. The summed E-state index contributed by atoms with van der Waals surface area (Å²) in [6.45, 7) is 3.04. The predicted molar refractivity (Wildman–Crippen MR) is 133 cm³/mol. The molecule has 0 amide bonds. The van der Waals surface area contributed by atoms with E-state index in [0.29, 0.717) is 19.6 Å². The lowest BCUT2D eigenvalue weighted by molar-refractivity contribution is -0.146. The minimum Gasteiger partial charge on any atom is -0.508 e. The number of carbonyl (C=O) groups is 1. The van der Waals surface area contributed by atoms with Crippen molar-refractivity contribution in [2.75, 3.05) is 6.61 Å². The monoisotopic (exact) mass is 455 g/mol. The SMILES string of the molecule is CCCCCCCCCCCCOC(=O)[C@H](Cc1ccc(O)cc1)NCc1ccccc1O. The molecule has 0 heterocycles. The Kier molecular flexibility index (Phi) is 13.1. The molecule has 0 saturated heterocycles. The summed E-state index contributed by atoms with van der Waals surface area (Å²) in [4.78, 5) is 12.8. The number of rotatable bonds is 17. The zero-order valence-corrected chi connectivity index (χ0v) is 20.1. The molecular formula is C28H41NO4. The summed E-state index contributed by atoms with van der Waals surface area (Å²) in [5.74, 6) is 0.113. The van der Waals surface area contributed by atoms with Crippen LogP contribution in [0.25, 0.3) is 0 Å². The molecular weight excluding hydrogens is 414 g/mol. The second-order valence-electron chi connectivity index (χ2n) is 8.78. The molecule has 0 aromatic heterocycles. The van der Waals surface area contributed by atoms with Gasteiger partial charge in [0.1, 0.15) is 17.5 Å². The topological polar surface area (TPSA) is 78.8 Å². The normalized spacial score (nSPS) is 11.9. The molecule has 0 spiro atoms. The van der Waals surface area contributed by atoms with Crippen LogP contribution in [0.5, 0.6) is 11.5 Å². The molecule has 0 saturated carbocycles. The lowest BCUT2D eigenvalue weighted by Crippen LogP contribution is -2.39. The molecule has 0 aliphatic carbocycles. The van der Waals surface area contributed by atoms with E-state index < -0.39 is 6.04 Å². The Morgan fingerprint density at radius 1 is 0.848 bits per heavy atom. The zero-order chi connectivity index (χ0) is 23.7. The van der Waals surface area contributed by atoms with Crippen molar-refractivity contribution in [3.8, 4) is 11.5 Å². The number of nitrogens with one attached hydrogen (secondary N) is 1. The van der Waals surface area contributed by atoms with Crippen LogP contribution in [0.1, 0.15) is 82.3 Å². The first-order chi connectivity index (χ1) is 16.1. The Morgan fingerprint density at radius 3 is 2.09 bits per heavy atom. The van der Waals surface area contributed by atoms with E-state index in [4.69, 9.17) is 4.74 Å². The van der Waals surface area contributed by atoms with Crippen molar-refractivity contribution in [3.63, 3.8) is 0 Å². The summed E-state index contributed by atoms with van der Waals surface area (Å²) in [5, 5.41) is 22.8. The van der Waals surface area contributed by atoms with Crippen molar-refractivity contribution < 1.29 is 19.7 Å². The average Bonchev–Trinajstić information content (AvgIpc) is 2.82. The van der Waals surface area contributed by atoms with Crippen molar-refractivity contribution in [1.82, 2.24) is 5.32 Å². The molecule has 0 aliphatic rings. The highest BCUT2D eigenvalue weighted by molar-refractivity contribution is 5.76. The fraction of sp³-hybridized carbons (Fsp3) is 0.536. The van der Waals surface area contributed by atoms with Gasteiger partial charge in [-0.25, -0.2) is 0 Å². The van der Waals surface area contributed by atoms with Crippen LogP contribution in [-0.2, 0) is 22.5 Å². The van der Waals surface area contributed by atoms with E-state index in [2.05, 4.69) is 12.2 Å². The van der Waals surface area contributed by atoms with Gasteiger partial charge in [-0.15, -0.1) is 0 Å². The van der Waals surface area contributed by atoms with Crippen LogP contribution in [-0.4, -0.2) is 28.8 Å². The molecule has 1 atom stereocenters. The summed E-state index contributed by atoms with van der Waals surface area (Å²) < 4.78 is 5.58. The standard InChI is InChI=1S/C28H41NO4/c1-2-3-4-5-6-7-8-9-10-13-20-33-28(32)26(21-23-16-18-25(30)19-17-23)29-22-24-14-11-12-15-27(24)31/h11-12,14-19,26,29-31H,2-10,13,20-22H2,1H3/t26-/m0/s1. The summed E-state index contributed by atoms with van der Waals surface area (Å²) in [6.07, 6.45) is 12.8. The Balaban J connectivity index is 1.73. The number of ether oxygens (including phenoxy) is 1. The van der Waals surface area contributed by atoms with Crippen molar-refractivity contribution in [3.05, 3.63) is 59.7 Å². The van der Waals surface area contributed by atoms with Gasteiger partial charge in [-0.05, 0) is 36.6 Å². The van der Waals surface area contributed by atoms with Crippen molar-refractivity contribution in [1.29, 1.82) is 0 Å². The molecule has 0 fully saturated rings. The van der Waals surface area contributed by atoms with Gasteiger partial charge in [0.2, 0.25) is 0 Å². The van der Waals surface area contributed by atoms with E-state index in [1.807, 2.05) is 12.1 Å². The van der Waals surface area contributed by atoms with Crippen LogP contribution < -0.4 is 5.32 Å². The van der Waals surface area contributed by atoms with Crippen LogP contribution in [0.4, 0.5) is 0 Å². The number of carbonyl (C=O) groups excluding carboxylic acids is 1. The van der Waals surface area contributed by atoms with E-state index in [9.17, 15) is 15.0 Å². The van der Waals surface area contributed by atoms with Gasteiger partial charge < -0.3 is 14.9 Å². The average molecular weight is 456 g/mol. The van der Waals surface area contributed by atoms with E-state index in [-0.39, 0.29) is 17.5 Å². The largest absolute Gasteiger partial charge is 0.508 e. The highest BCUT2D eigenvalue weighted by Crippen LogP contribution is 2.17. The van der Waals surface area contributed by atoms with E-state index in [1.165, 1.54) is 51.4 Å². The number of benzene rings is 2. The molecule has 0 bridgehead atoms. The molecule has 2 rings (SSSR count). The first kappa shape index (κ1) is 26.7. The number of unbranched alkanes of at least 4 members (excludes halogenated alkanes) is 9. The van der Waals surface area contributed by atoms with Crippen LogP contribution in [0, 0.1) is 0 Å². The molecule has 3 N–H and O–H groups in total. The Labute approximate surface area is 199 Å². The van der Waals surface area contributed by atoms with Crippen LogP contribution in [0.15, 0.2) is 48.5 Å². The smallest absolute Gasteiger partial charge is 0.323 e. The Hall–Kier alpha value is -2.53. The van der Waals surface area contributed by atoms with Gasteiger partial charge in [-0.1, -0.05) is 95.0 Å². The number of aromatic hydroxyl groups is 2. The van der Waals surface area contributed by atoms with Crippen LogP contribution in [0.3, 0.4) is 0 Å². The first-order valence-electron chi connectivity index (χ1n) is 12.5. The number of esters is 1. The number of hydrogen-bond acceptors (Lipinski definition) is 5. The lowest BCUT2D eigenvalue weighted by Gasteiger charge is -2.18. The number of phenolic OH excluding ortho intramolecular Hbond substituents is 2. The molecule has 182 valence electrons. The maximum atomic E-state index is 12.8. The minimum atomic E-state index is -0.530. The van der Waals surface area contributed by atoms with Gasteiger partial charge in [0.05, 0.1) is 6.61 Å². The van der Waals surface area contributed by atoms with E-state index in [0.717, 1.165) is 24.0 Å². The van der Waals surface area contributed by atoms with Gasteiger partial charge in [0.15, 0.2) is 0 Å². The van der Waals surface area contributed by atoms with Gasteiger partial charge >= 0.3 is 5.97 Å². The van der Waals surface area contributed by atoms with E-state index >= 15 is 0 Å². The quantitative estimate of drug-likeness (QED) is 0.194. The van der Waals surface area contributed by atoms with Crippen LogP contribution in [0.2, 0.25) is 0 Å². The maximum absolute atomic E-state index is 12.8. The minimum absolute atomic E-state index is 0.195. The molecule has 2 aromatic rings. The van der Waals surface area contributed by atoms with Gasteiger partial charge in [-0.2, -0.15) is 0 Å². The summed E-state index contributed by atoms with van der Waals surface area (Å²) >= 11 is 0. The highest BCUT2D eigenvalue weighted by Gasteiger charge is 2.20. The number of phenols is 2. The molecule has 5 nitrogen and oxygen atoms in total. The first-order valence-corrected chi connectivity index (χ1v) is 12.5. The van der Waals surface area contributed by atoms with Crippen molar-refractivity contribution in [2.45, 2.75) is 90.1 Å². The Bertz CT molecular complexity index is 791. The van der Waals surface area contributed by atoms with Crippen molar-refractivity contribution in [2.24, 2.45) is 0 Å². The molecule has 0 unspecified atom stereocenters. The maximum Gasteiger partial charge on any atom is 0.323 e. The van der Waals surface area contributed by atoms with E-state index in [1.54, 1.807) is 36.4 Å². The summed E-state index contributed by atoms with van der Waals surface area (Å²) in [7, 11) is 0. The van der Waals surface area contributed by atoms with Gasteiger partial charge in [-0.3, -0.25) is 10.1 Å². The fourth-order valence-electron chi connectivity index (χ4n) is 3.86. The molecule has 5 heteroatoms. The third kappa shape index (κ3) is 11.2. The summed E-state index contributed by atoms with van der Waals surface area (Å²) in [5.41, 5.74) is 1.66. The number of para-hydroxylation sites is 1. The van der Waals surface area contributed by atoms with Crippen LogP contribution >= 0.6 is 0 Å². The summed E-state index contributed by atoms with van der Waals surface area (Å²) in [6, 6.07) is 13.4. The molecule has 2 aromatic carbocycles. The zero-order valence-electron chi connectivity index (χ0n) is 20.1. The second kappa shape index (κ2) is 16.1. The molecule has 33 heavy (non-hydrogen) atoms. The lowest BCUT2D eigenvalue weighted by atomic mass is 10.0. The fourth-order valence-corrected chi connectivity index (χ4v) is 3.86. The highest BCUT2D eigenvalue weighted by atomic mass is 16.5. The van der Waals surface area contributed by atoms with Gasteiger partial charge in [0, 0.05) is 12.1 Å². The van der Waals surface area contributed by atoms with Crippen molar-refractivity contribution >= 4 is 5.97 Å². The molecule has 0 aliphatic heterocycles. The number of hydrogen-bond donors (Lipinski definition) is 3. The third-order valence-electron chi connectivity index (χ3n) is 5.93. The third-order valence-corrected chi connectivity index (χ3v) is 5.93. The van der Waals surface area contributed by atoms with Gasteiger partial charge in [0.25, 0.3) is 0 Å². The second-order valence-corrected chi connectivity index (χ2v) is 8.78. The Morgan fingerprint density at radius 2 is 1.45 bits per heavy atom. The molecule has 0 radical (unpaired) electrons.